The smallest absolute Gasteiger partial charge is 0.220 e. The molecule has 19 heteroatoms. The first kappa shape index (κ1) is 104. The number of aliphatic hydroxyl groups excluding tert-OH is 11. The zero-order chi connectivity index (χ0) is 82.4. The summed E-state index contributed by atoms with van der Waals surface area (Å²) in [6.45, 7) is 1.61. The fraction of sp³-hybridized carbons (Fsp3) is 0.737. The van der Waals surface area contributed by atoms with Crippen molar-refractivity contribution in [3.05, 3.63) is 146 Å². The van der Waals surface area contributed by atoms with Crippen molar-refractivity contribution < 1.29 is 89.4 Å². The number of allylic oxidation sites excluding steroid dienone is 23. The maximum atomic E-state index is 13.5. The average molecular weight is 1610 g/mol. The van der Waals surface area contributed by atoms with E-state index < -0.39 is 124 Å². The Balaban J connectivity index is 1.36. The van der Waals surface area contributed by atoms with E-state index in [1.165, 1.54) is 161 Å². The second kappa shape index (κ2) is 72.7. The lowest BCUT2D eigenvalue weighted by molar-refractivity contribution is -0.379. The molecule has 17 unspecified atom stereocenters. The largest absolute Gasteiger partial charge is 0.394 e. The van der Waals surface area contributed by atoms with Gasteiger partial charge in [0, 0.05) is 6.42 Å². The topological polar surface area (TPSA) is 307 Å². The number of rotatable bonds is 71. The number of nitrogens with one attached hydrogen (secondary N) is 1. The van der Waals surface area contributed by atoms with E-state index in [0.717, 1.165) is 122 Å². The highest BCUT2D eigenvalue weighted by Crippen LogP contribution is 2.33. The maximum Gasteiger partial charge on any atom is 0.220 e. The Morgan fingerprint density at radius 2 is 0.614 bits per heavy atom. The Hall–Kier alpha value is -4.33. The van der Waals surface area contributed by atoms with Gasteiger partial charge in [-0.15, -0.1) is 0 Å². The molecule has 3 saturated heterocycles. The van der Waals surface area contributed by atoms with Crippen LogP contribution in [0.1, 0.15) is 316 Å². The number of amides is 1. The third-order valence-electron chi connectivity index (χ3n) is 21.4. The number of carbonyl (C=O) groups excluding carboxylic acids is 1. The highest BCUT2D eigenvalue weighted by molar-refractivity contribution is 5.76. The minimum Gasteiger partial charge on any atom is -0.394 e. The van der Waals surface area contributed by atoms with Crippen LogP contribution < -0.4 is 5.32 Å². The summed E-state index contributed by atoms with van der Waals surface area (Å²) in [6.07, 6.45) is 79.9. The van der Waals surface area contributed by atoms with Crippen LogP contribution in [0.2, 0.25) is 0 Å². The zero-order valence-electron chi connectivity index (χ0n) is 70.5. The molecular formula is C95H161NO18. The molecule has 0 aromatic carbocycles. The van der Waals surface area contributed by atoms with Crippen LogP contribution >= 0.6 is 0 Å². The van der Waals surface area contributed by atoms with E-state index in [9.17, 15) is 61.0 Å². The van der Waals surface area contributed by atoms with Gasteiger partial charge in [-0.1, -0.05) is 346 Å². The van der Waals surface area contributed by atoms with Gasteiger partial charge in [-0.25, -0.2) is 0 Å². The monoisotopic (exact) mass is 1600 g/mol. The minimum atomic E-state index is -1.99. The van der Waals surface area contributed by atoms with E-state index in [-0.39, 0.29) is 18.9 Å². The molecule has 0 saturated carbocycles. The van der Waals surface area contributed by atoms with E-state index in [0.29, 0.717) is 12.8 Å². The summed E-state index contributed by atoms with van der Waals surface area (Å²) in [7, 11) is 0. The quantitative estimate of drug-likeness (QED) is 0.0199. The Morgan fingerprint density at radius 1 is 0.325 bits per heavy atom. The van der Waals surface area contributed by atoms with Crippen molar-refractivity contribution in [2.75, 3.05) is 26.4 Å². The van der Waals surface area contributed by atoms with Crippen molar-refractivity contribution in [2.24, 2.45) is 0 Å². The molecule has 3 fully saturated rings. The molecule has 17 atom stereocenters. The van der Waals surface area contributed by atoms with Crippen molar-refractivity contribution in [3.8, 4) is 0 Å². The van der Waals surface area contributed by atoms with Crippen molar-refractivity contribution >= 4 is 5.91 Å². The Morgan fingerprint density at radius 3 is 0.982 bits per heavy atom. The molecule has 114 heavy (non-hydrogen) atoms. The van der Waals surface area contributed by atoms with Crippen molar-refractivity contribution in [1.29, 1.82) is 0 Å². The summed E-state index contributed by atoms with van der Waals surface area (Å²) in [4.78, 5) is 13.5. The fourth-order valence-electron chi connectivity index (χ4n) is 14.2. The lowest BCUT2D eigenvalue weighted by Gasteiger charge is -2.48. The molecule has 3 aliphatic heterocycles. The maximum absolute atomic E-state index is 13.5. The third kappa shape index (κ3) is 50.6. The molecule has 19 nitrogen and oxygen atoms in total. The number of aliphatic hydroxyl groups is 11. The lowest BCUT2D eigenvalue weighted by atomic mass is 9.96. The van der Waals surface area contributed by atoms with Crippen molar-refractivity contribution in [1.82, 2.24) is 5.32 Å². The SMILES string of the molecule is CC/C=C\C/C=C\C/C=C\C/C=C\C/C=C\C/C=C\C/C=C\C/C=C\C/C=C\C/C=C\CCCCCCCCC(=O)NC(COC1OC(CO)C(OC2OC(CO)C(OC3OC(CO)C(O)C(O)C3O)C(O)C2O)C(O)C1O)C(O)/C=C/CC/C=C/CCCCCCCCCCCCCCCCCCCCCCCCCCCC. The molecule has 0 aromatic heterocycles. The molecule has 654 valence electrons. The van der Waals surface area contributed by atoms with E-state index in [1.54, 1.807) is 6.08 Å². The predicted octanol–water partition coefficient (Wildman–Crippen LogP) is 17.3. The first-order chi connectivity index (χ1) is 55.8. The molecule has 0 aromatic rings. The minimum absolute atomic E-state index is 0.209. The van der Waals surface area contributed by atoms with E-state index in [2.05, 4.69) is 153 Å². The lowest BCUT2D eigenvalue weighted by Crippen LogP contribution is -2.66. The Labute approximate surface area is 689 Å². The summed E-state index contributed by atoms with van der Waals surface area (Å²) < 4.78 is 34.5. The zero-order valence-corrected chi connectivity index (χ0v) is 70.5. The summed E-state index contributed by atoms with van der Waals surface area (Å²) in [5.41, 5.74) is 0. The number of ether oxygens (including phenoxy) is 6. The van der Waals surface area contributed by atoms with Gasteiger partial charge in [0.1, 0.15) is 73.2 Å². The molecule has 0 spiro atoms. The van der Waals surface area contributed by atoms with Crippen LogP contribution in [0.5, 0.6) is 0 Å². The molecule has 0 radical (unpaired) electrons. The standard InChI is InChI=1S/C95H161NO18/c1-3-5-7-9-11-13-15-17-19-21-23-25-27-29-31-33-35-37-38-39-40-41-43-45-47-49-51-53-55-57-59-61-63-65-67-69-71-73-83(101)96-78(79(100)72-70-68-66-64-62-60-58-56-54-52-50-48-46-44-42-36-34-32-30-28-26-24-22-20-18-16-14-12-10-8-6-4-2)77-109-93-89(107)86(104)91(81(75-98)111-93)114-95-90(108)87(105)92(82(76-99)112-95)113-94-88(106)85(103)84(102)80(74-97)110-94/h5,7,11,13,17,19,23,25,29,31,35,37,39-40,43,45,49,51,55,57,62,64,70,72,78-82,84-95,97-100,102-108H,3-4,6,8-10,12,14-16,18,20-22,24,26-28,30,32-34,36,38,41-42,44,46-48,50,52-54,56,58-61,63,65-69,71,73-77H2,1-2H3,(H,96,101)/b7-5-,13-11-,19-17-,25-23-,31-29-,37-35-,40-39-,45-43-,51-49-,57-55-,64-62+,72-70+. The van der Waals surface area contributed by atoms with Crippen LogP contribution in [0.3, 0.4) is 0 Å². The second-order valence-electron chi connectivity index (χ2n) is 31.3. The first-order valence-electron chi connectivity index (χ1n) is 45.1. The second-order valence-corrected chi connectivity index (χ2v) is 31.3. The molecule has 3 rings (SSSR count). The summed E-state index contributed by atoms with van der Waals surface area (Å²) in [6, 6.07) is -1.01. The van der Waals surface area contributed by atoms with E-state index >= 15 is 0 Å². The average Bonchev–Trinajstić information content (AvgIpc) is 0.777. The summed E-state index contributed by atoms with van der Waals surface area (Å²) >= 11 is 0. The first-order valence-corrected chi connectivity index (χ1v) is 45.1. The normalized spacial score (nSPS) is 25.4. The molecule has 3 heterocycles. The molecule has 1 amide bonds. The van der Waals surface area contributed by atoms with Crippen LogP contribution in [0.15, 0.2) is 146 Å². The number of unbranched alkanes of at least 4 members (excludes halogenated alkanes) is 33. The number of hydrogen-bond donors (Lipinski definition) is 12. The molecule has 0 aliphatic carbocycles. The van der Waals surface area contributed by atoms with Gasteiger partial charge in [-0.05, 0) is 109 Å². The van der Waals surface area contributed by atoms with Gasteiger partial charge in [0.25, 0.3) is 0 Å². The van der Waals surface area contributed by atoms with Crippen LogP contribution in [0, 0.1) is 0 Å². The fourth-order valence-corrected chi connectivity index (χ4v) is 14.2. The van der Waals surface area contributed by atoms with Gasteiger partial charge in [0.15, 0.2) is 18.9 Å². The van der Waals surface area contributed by atoms with E-state index in [1.807, 2.05) is 6.08 Å². The van der Waals surface area contributed by atoms with Crippen LogP contribution in [-0.2, 0) is 33.2 Å². The summed E-state index contributed by atoms with van der Waals surface area (Å²) in [5, 5.41) is 121. The molecule has 0 bridgehead atoms. The number of hydrogen-bond acceptors (Lipinski definition) is 18. The highest BCUT2D eigenvalue weighted by atomic mass is 16.8. The van der Waals surface area contributed by atoms with Gasteiger partial charge in [-0.2, -0.15) is 0 Å². The van der Waals surface area contributed by atoms with Crippen LogP contribution in [0.25, 0.3) is 0 Å². The van der Waals surface area contributed by atoms with Crippen molar-refractivity contribution in [3.63, 3.8) is 0 Å². The van der Waals surface area contributed by atoms with Gasteiger partial charge in [0.2, 0.25) is 5.91 Å². The molecular weight excluding hydrogens is 1440 g/mol. The van der Waals surface area contributed by atoms with Crippen molar-refractivity contribution in [2.45, 2.75) is 420 Å². The third-order valence-corrected chi connectivity index (χ3v) is 21.4. The Bertz CT molecular complexity index is 2630. The van der Waals surface area contributed by atoms with Gasteiger partial charge >= 0.3 is 0 Å². The number of carbonyl (C=O) groups is 1. The van der Waals surface area contributed by atoms with Gasteiger partial charge < -0.3 is 89.9 Å². The Kier molecular flexibility index (Phi) is 66.2. The van der Waals surface area contributed by atoms with Crippen LogP contribution in [-0.4, -0.2) is 193 Å². The van der Waals surface area contributed by atoms with Gasteiger partial charge in [-0.3, -0.25) is 4.79 Å². The molecule has 3 aliphatic rings. The van der Waals surface area contributed by atoms with E-state index in [4.69, 9.17) is 28.4 Å². The van der Waals surface area contributed by atoms with Gasteiger partial charge in [0.05, 0.1) is 38.6 Å². The highest BCUT2D eigenvalue weighted by Gasteiger charge is 2.54. The predicted molar refractivity (Wildman–Crippen MR) is 461 cm³/mol. The molecule has 12 N–H and O–H groups in total. The summed E-state index contributed by atoms with van der Waals surface area (Å²) in [5.74, 6) is -0.303. The van der Waals surface area contributed by atoms with Crippen LogP contribution in [0.4, 0.5) is 0 Å².